The fourth-order valence-corrected chi connectivity index (χ4v) is 4.07. The first-order chi connectivity index (χ1) is 12.3. The molecule has 5 nitrogen and oxygen atoms in total. The highest BCUT2D eigenvalue weighted by Crippen LogP contribution is 2.46. The number of carbonyl (C=O) groups is 2. The predicted octanol–water partition coefficient (Wildman–Crippen LogP) is 3.75. The van der Waals surface area contributed by atoms with Gasteiger partial charge in [-0.2, -0.15) is 0 Å². The molecule has 1 N–H and O–H groups in total. The Morgan fingerprint density at radius 2 is 1.96 bits per heavy atom. The van der Waals surface area contributed by atoms with Crippen molar-refractivity contribution in [2.45, 2.75) is 24.3 Å². The van der Waals surface area contributed by atoms with Crippen molar-refractivity contribution in [3.8, 4) is 0 Å². The van der Waals surface area contributed by atoms with E-state index < -0.39 is 5.97 Å². The molecule has 1 aliphatic heterocycles. The molecule has 134 valence electrons. The molecule has 0 unspecified atom stereocenters. The molecule has 0 saturated carbocycles. The second-order valence-corrected chi connectivity index (χ2v) is 7.61. The number of carboxylic acids is 1. The van der Waals surface area contributed by atoms with Gasteiger partial charge < -0.3 is 10.0 Å². The van der Waals surface area contributed by atoms with Crippen LogP contribution in [0.5, 0.6) is 0 Å². The summed E-state index contributed by atoms with van der Waals surface area (Å²) in [6.07, 6.45) is 3.19. The lowest BCUT2D eigenvalue weighted by atomic mass is 9.83. The maximum atomic E-state index is 12.5. The molecule has 0 atom stereocenters. The Kier molecular flexibility index (Phi) is 4.87. The first-order valence-electron chi connectivity index (χ1n) is 8.21. The van der Waals surface area contributed by atoms with Crippen molar-refractivity contribution < 1.29 is 14.7 Å². The van der Waals surface area contributed by atoms with Gasteiger partial charge in [0.15, 0.2) is 5.78 Å². The average Bonchev–Trinajstić information content (AvgIpc) is 2.81. The third-order valence-electron chi connectivity index (χ3n) is 4.59. The van der Waals surface area contributed by atoms with E-state index in [1.54, 1.807) is 12.1 Å². The van der Waals surface area contributed by atoms with E-state index in [-0.39, 0.29) is 22.5 Å². The summed E-state index contributed by atoms with van der Waals surface area (Å²) in [4.78, 5) is 29.9. The number of aromatic carboxylic acids is 1. The number of benzene rings is 1. The summed E-state index contributed by atoms with van der Waals surface area (Å²) in [5, 5.41) is 9.56. The summed E-state index contributed by atoms with van der Waals surface area (Å²) in [5.41, 5.74) is 3.07. The number of anilines is 1. The minimum absolute atomic E-state index is 0.0697. The number of pyridine rings is 1. The fourth-order valence-electron chi connectivity index (χ4n) is 3.26. The van der Waals surface area contributed by atoms with E-state index in [9.17, 15) is 14.7 Å². The van der Waals surface area contributed by atoms with Crippen LogP contribution in [0.2, 0.25) is 0 Å². The van der Waals surface area contributed by atoms with Crippen molar-refractivity contribution in [3.63, 3.8) is 0 Å². The summed E-state index contributed by atoms with van der Waals surface area (Å²) in [6, 6.07) is 11.2. The van der Waals surface area contributed by atoms with Crippen LogP contribution in [0.1, 0.15) is 29.8 Å². The van der Waals surface area contributed by atoms with Gasteiger partial charge >= 0.3 is 5.97 Å². The Morgan fingerprint density at radius 1 is 1.23 bits per heavy atom. The lowest BCUT2D eigenvalue weighted by Gasteiger charge is -2.23. The lowest BCUT2D eigenvalue weighted by Crippen LogP contribution is -2.24. The molecule has 3 rings (SSSR count). The number of carbonyl (C=O) groups excluding carboxylic acids is 1. The second-order valence-electron chi connectivity index (χ2n) is 6.65. The Morgan fingerprint density at radius 3 is 2.65 bits per heavy atom. The van der Waals surface area contributed by atoms with Gasteiger partial charge in [-0.15, -0.1) is 0 Å². The molecule has 0 radical (unpaired) electrons. The number of ketones is 1. The summed E-state index contributed by atoms with van der Waals surface area (Å²) < 4.78 is 0. The first kappa shape index (κ1) is 18.2. The van der Waals surface area contributed by atoms with Crippen LogP contribution in [-0.2, 0) is 10.2 Å². The van der Waals surface area contributed by atoms with Gasteiger partial charge in [0.1, 0.15) is 5.03 Å². The van der Waals surface area contributed by atoms with Crippen molar-refractivity contribution >= 4 is 29.2 Å². The van der Waals surface area contributed by atoms with E-state index in [4.69, 9.17) is 0 Å². The number of hydrogen-bond donors (Lipinski definition) is 1. The zero-order chi connectivity index (χ0) is 18.9. The number of aromatic nitrogens is 1. The number of likely N-dealkylation sites (N-methyl/N-ethyl adjacent to an activating group) is 1. The minimum atomic E-state index is -1.04. The third-order valence-corrected chi connectivity index (χ3v) is 5.62. The molecule has 0 amide bonds. The zero-order valence-corrected chi connectivity index (χ0v) is 15.7. The van der Waals surface area contributed by atoms with E-state index >= 15 is 0 Å². The van der Waals surface area contributed by atoms with Crippen LogP contribution in [0.15, 0.2) is 59.4 Å². The van der Waals surface area contributed by atoms with E-state index in [0.29, 0.717) is 5.03 Å². The maximum Gasteiger partial charge on any atom is 0.338 e. The van der Waals surface area contributed by atoms with E-state index in [2.05, 4.69) is 24.9 Å². The highest BCUT2D eigenvalue weighted by molar-refractivity contribution is 8.00. The standard InChI is InChI=1S/C20H20N2O3S/c1-20(2)15-8-4-5-9-16(15)22(3)17(20)11-13(23)12-26-18-14(19(24)25)7-6-10-21-18/h4-11H,12H2,1-3H3,(H,24,25)/b17-11-. The molecular weight excluding hydrogens is 348 g/mol. The molecule has 1 aromatic heterocycles. The topological polar surface area (TPSA) is 70.5 Å². The molecule has 26 heavy (non-hydrogen) atoms. The van der Waals surface area contributed by atoms with Crippen molar-refractivity contribution in [2.24, 2.45) is 0 Å². The molecule has 2 aromatic rings. The zero-order valence-electron chi connectivity index (χ0n) is 14.9. The summed E-state index contributed by atoms with van der Waals surface area (Å²) in [5.74, 6) is -0.973. The number of thioether (sulfide) groups is 1. The van der Waals surface area contributed by atoms with E-state index in [1.807, 2.05) is 30.1 Å². The van der Waals surface area contributed by atoms with Crippen LogP contribution in [0.3, 0.4) is 0 Å². The molecule has 1 aromatic carbocycles. The Labute approximate surface area is 156 Å². The number of fused-ring (bicyclic) bond motifs is 1. The Hall–Kier alpha value is -2.60. The SMILES string of the molecule is CN1/C(=C\C(=O)CSc2ncccc2C(=O)O)C(C)(C)c2ccccc21. The van der Waals surface area contributed by atoms with Gasteiger partial charge in [0, 0.05) is 36.1 Å². The number of rotatable bonds is 5. The monoisotopic (exact) mass is 368 g/mol. The predicted molar refractivity (Wildman–Crippen MR) is 103 cm³/mol. The molecule has 2 heterocycles. The lowest BCUT2D eigenvalue weighted by molar-refractivity contribution is -0.112. The molecule has 0 fully saturated rings. The van der Waals surface area contributed by atoms with Crippen LogP contribution in [0, 0.1) is 0 Å². The molecule has 0 aliphatic carbocycles. The van der Waals surface area contributed by atoms with Gasteiger partial charge in [-0.1, -0.05) is 43.8 Å². The van der Waals surface area contributed by atoms with Crippen molar-refractivity contribution in [1.29, 1.82) is 0 Å². The smallest absolute Gasteiger partial charge is 0.338 e. The van der Waals surface area contributed by atoms with Crippen LogP contribution >= 0.6 is 11.8 Å². The second kappa shape index (κ2) is 6.96. The summed E-state index contributed by atoms with van der Waals surface area (Å²) in [6.45, 7) is 4.20. The number of hydrogen-bond acceptors (Lipinski definition) is 5. The fraction of sp³-hybridized carbons (Fsp3) is 0.250. The Balaban J connectivity index is 1.79. The van der Waals surface area contributed by atoms with Crippen molar-refractivity contribution in [1.82, 2.24) is 4.98 Å². The maximum absolute atomic E-state index is 12.5. The molecule has 0 bridgehead atoms. The van der Waals surface area contributed by atoms with Crippen LogP contribution in [-0.4, -0.2) is 34.6 Å². The molecule has 1 aliphatic rings. The van der Waals surface area contributed by atoms with E-state index in [0.717, 1.165) is 23.1 Å². The van der Waals surface area contributed by atoms with Gasteiger partial charge in [0.2, 0.25) is 0 Å². The van der Waals surface area contributed by atoms with Crippen LogP contribution < -0.4 is 4.90 Å². The highest BCUT2D eigenvalue weighted by atomic mass is 32.2. The largest absolute Gasteiger partial charge is 0.478 e. The number of para-hydroxylation sites is 1. The number of nitrogens with zero attached hydrogens (tertiary/aromatic N) is 2. The van der Waals surface area contributed by atoms with Gasteiger partial charge in [0.05, 0.1) is 11.3 Å². The highest BCUT2D eigenvalue weighted by Gasteiger charge is 2.38. The van der Waals surface area contributed by atoms with Gasteiger partial charge in [-0.25, -0.2) is 9.78 Å². The quantitative estimate of drug-likeness (QED) is 0.640. The van der Waals surface area contributed by atoms with Crippen LogP contribution in [0.4, 0.5) is 5.69 Å². The normalized spacial score (nSPS) is 16.6. The van der Waals surface area contributed by atoms with Crippen molar-refractivity contribution in [2.75, 3.05) is 17.7 Å². The molecule has 6 heteroatoms. The number of carboxylic acid groups (broad SMARTS) is 1. The summed E-state index contributed by atoms with van der Waals surface area (Å²) >= 11 is 1.15. The first-order valence-corrected chi connectivity index (χ1v) is 9.20. The van der Waals surface area contributed by atoms with Gasteiger partial charge in [0.25, 0.3) is 0 Å². The van der Waals surface area contributed by atoms with Gasteiger partial charge in [-0.3, -0.25) is 4.79 Å². The molecular formula is C20H20N2O3S. The van der Waals surface area contributed by atoms with Crippen molar-refractivity contribution in [3.05, 3.63) is 65.5 Å². The number of allylic oxidation sites excluding steroid dienone is 2. The van der Waals surface area contributed by atoms with Gasteiger partial charge in [-0.05, 0) is 23.8 Å². The Bertz CT molecular complexity index is 905. The molecule has 0 spiro atoms. The molecule has 0 saturated heterocycles. The average molecular weight is 368 g/mol. The third kappa shape index (κ3) is 3.24. The van der Waals surface area contributed by atoms with Crippen LogP contribution in [0.25, 0.3) is 0 Å². The summed E-state index contributed by atoms with van der Waals surface area (Å²) in [7, 11) is 1.96. The van der Waals surface area contributed by atoms with E-state index in [1.165, 1.54) is 17.8 Å². The minimum Gasteiger partial charge on any atom is -0.478 e.